The van der Waals surface area contributed by atoms with Crippen LogP contribution in [0.25, 0.3) is 0 Å². The van der Waals surface area contributed by atoms with Crippen molar-refractivity contribution in [2.24, 2.45) is 11.7 Å². The Bertz CT molecular complexity index is 759. The summed E-state index contributed by atoms with van der Waals surface area (Å²) in [5, 5.41) is 16.6. The minimum Gasteiger partial charge on any atom is -0.480 e. The van der Waals surface area contributed by atoms with E-state index in [0.29, 0.717) is 12.8 Å². The molecule has 0 bridgehead atoms. The van der Waals surface area contributed by atoms with Gasteiger partial charge in [0.25, 0.3) is 0 Å². The van der Waals surface area contributed by atoms with Crippen LogP contribution in [-0.2, 0) is 25.6 Å². The zero-order chi connectivity index (χ0) is 23.6. The van der Waals surface area contributed by atoms with Crippen LogP contribution >= 0.6 is 12.6 Å². The Labute approximate surface area is 187 Å². The highest BCUT2D eigenvalue weighted by Gasteiger charge is 2.28. The molecular weight excluding hydrogens is 420 g/mol. The van der Waals surface area contributed by atoms with Gasteiger partial charge in [-0.25, -0.2) is 4.79 Å². The molecule has 10 heteroatoms. The number of benzene rings is 1. The number of thiol groups is 1. The molecule has 0 radical (unpaired) electrons. The molecule has 0 aliphatic heterocycles. The number of nitrogens with one attached hydrogen (secondary N) is 3. The highest BCUT2D eigenvalue weighted by atomic mass is 32.1. The van der Waals surface area contributed by atoms with Gasteiger partial charge in [-0.2, -0.15) is 12.6 Å². The van der Waals surface area contributed by atoms with E-state index in [4.69, 9.17) is 10.8 Å². The van der Waals surface area contributed by atoms with Crippen molar-refractivity contribution in [2.45, 2.75) is 57.8 Å². The topological polar surface area (TPSA) is 151 Å². The second kappa shape index (κ2) is 13.0. The van der Waals surface area contributed by atoms with Gasteiger partial charge in [-0.1, -0.05) is 44.2 Å². The molecule has 1 aromatic carbocycles. The van der Waals surface area contributed by atoms with E-state index in [2.05, 4.69) is 28.6 Å². The monoisotopic (exact) mass is 452 g/mol. The molecule has 0 aromatic heterocycles. The number of carbonyl (C=O) groups is 4. The minimum atomic E-state index is -1.22. The van der Waals surface area contributed by atoms with Gasteiger partial charge in [0.1, 0.15) is 18.1 Å². The summed E-state index contributed by atoms with van der Waals surface area (Å²) in [4.78, 5) is 48.6. The molecule has 0 saturated heterocycles. The van der Waals surface area contributed by atoms with E-state index in [1.54, 1.807) is 0 Å². The lowest BCUT2D eigenvalue weighted by molar-refractivity contribution is -0.141. The Morgan fingerprint density at radius 2 is 1.52 bits per heavy atom. The SMILES string of the molecule is CC(C)CC(NC(=O)C(C)NC(=O)C(N)Cc1ccccc1)C(=O)NC(CS)C(=O)O. The number of carboxylic acid groups (broad SMARTS) is 1. The molecule has 0 aliphatic carbocycles. The molecule has 0 spiro atoms. The molecule has 0 aliphatic rings. The summed E-state index contributed by atoms with van der Waals surface area (Å²) in [6.45, 7) is 5.22. The first kappa shape index (κ1) is 26.4. The smallest absolute Gasteiger partial charge is 0.327 e. The van der Waals surface area contributed by atoms with Gasteiger partial charge in [-0.3, -0.25) is 14.4 Å². The third-order valence-electron chi connectivity index (χ3n) is 4.52. The lowest BCUT2D eigenvalue weighted by atomic mass is 10.0. The quantitative estimate of drug-likeness (QED) is 0.247. The van der Waals surface area contributed by atoms with E-state index in [1.807, 2.05) is 44.2 Å². The van der Waals surface area contributed by atoms with E-state index < -0.39 is 47.9 Å². The third kappa shape index (κ3) is 9.39. The van der Waals surface area contributed by atoms with E-state index in [1.165, 1.54) is 6.92 Å². The average molecular weight is 453 g/mol. The maximum Gasteiger partial charge on any atom is 0.327 e. The molecule has 0 heterocycles. The number of amides is 3. The summed E-state index contributed by atoms with van der Waals surface area (Å²) in [5.74, 6) is -2.93. The van der Waals surface area contributed by atoms with Crippen LogP contribution < -0.4 is 21.7 Å². The Morgan fingerprint density at radius 3 is 2.03 bits per heavy atom. The van der Waals surface area contributed by atoms with Crippen molar-refractivity contribution in [3.05, 3.63) is 35.9 Å². The van der Waals surface area contributed by atoms with Crippen LogP contribution in [0.3, 0.4) is 0 Å². The lowest BCUT2D eigenvalue weighted by Crippen LogP contribution is -2.57. The zero-order valence-corrected chi connectivity index (χ0v) is 18.9. The van der Waals surface area contributed by atoms with Crippen molar-refractivity contribution in [1.82, 2.24) is 16.0 Å². The molecule has 0 fully saturated rings. The second-order valence-corrected chi connectivity index (χ2v) is 8.16. The maximum atomic E-state index is 12.6. The zero-order valence-electron chi connectivity index (χ0n) is 18.0. The summed E-state index contributed by atoms with van der Waals surface area (Å²) >= 11 is 3.92. The van der Waals surface area contributed by atoms with Gasteiger partial charge in [0.2, 0.25) is 17.7 Å². The number of hydrogen-bond acceptors (Lipinski definition) is 6. The summed E-state index contributed by atoms with van der Waals surface area (Å²) in [6.07, 6.45) is 0.615. The molecule has 4 atom stereocenters. The summed E-state index contributed by atoms with van der Waals surface area (Å²) < 4.78 is 0. The van der Waals surface area contributed by atoms with Crippen molar-refractivity contribution in [3.63, 3.8) is 0 Å². The van der Waals surface area contributed by atoms with Crippen LogP contribution in [0.1, 0.15) is 32.8 Å². The van der Waals surface area contributed by atoms with Gasteiger partial charge in [0, 0.05) is 5.75 Å². The Morgan fingerprint density at radius 1 is 0.935 bits per heavy atom. The average Bonchev–Trinajstić information content (AvgIpc) is 2.71. The molecule has 6 N–H and O–H groups in total. The number of carbonyl (C=O) groups excluding carboxylic acids is 3. The molecule has 1 rings (SSSR count). The predicted octanol–water partition coefficient (Wildman–Crippen LogP) is 0.0912. The molecular formula is C21H32N4O5S. The first-order valence-corrected chi connectivity index (χ1v) is 10.7. The minimum absolute atomic E-state index is 0.0551. The van der Waals surface area contributed by atoms with E-state index in [-0.39, 0.29) is 11.7 Å². The van der Waals surface area contributed by atoms with E-state index in [9.17, 15) is 19.2 Å². The molecule has 172 valence electrons. The molecule has 31 heavy (non-hydrogen) atoms. The Balaban J connectivity index is 2.70. The normalized spacial score (nSPS) is 14.8. The Kier molecular flexibility index (Phi) is 11.1. The fraction of sp³-hybridized carbons (Fsp3) is 0.524. The fourth-order valence-electron chi connectivity index (χ4n) is 2.80. The second-order valence-electron chi connectivity index (χ2n) is 7.80. The van der Waals surface area contributed by atoms with Gasteiger partial charge in [-0.15, -0.1) is 0 Å². The summed E-state index contributed by atoms with van der Waals surface area (Å²) in [5.41, 5.74) is 6.84. The molecule has 1 aromatic rings. The van der Waals surface area contributed by atoms with Gasteiger partial charge < -0.3 is 26.8 Å². The first-order valence-electron chi connectivity index (χ1n) is 10.1. The highest BCUT2D eigenvalue weighted by Crippen LogP contribution is 2.07. The van der Waals surface area contributed by atoms with E-state index >= 15 is 0 Å². The van der Waals surface area contributed by atoms with Crippen molar-refractivity contribution in [2.75, 3.05) is 5.75 Å². The third-order valence-corrected chi connectivity index (χ3v) is 4.89. The van der Waals surface area contributed by atoms with Gasteiger partial charge in [0.15, 0.2) is 0 Å². The molecule has 4 unspecified atom stereocenters. The number of hydrogen-bond donors (Lipinski definition) is 6. The van der Waals surface area contributed by atoms with Crippen molar-refractivity contribution in [1.29, 1.82) is 0 Å². The van der Waals surface area contributed by atoms with Crippen LogP contribution in [0.4, 0.5) is 0 Å². The largest absolute Gasteiger partial charge is 0.480 e. The van der Waals surface area contributed by atoms with Gasteiger partial charge >= 0.3 is 5.97 Å². The van der Waals surface area contributed by atoms with Crippen LogP contribution in [-0.4, -0.2) is 58.7 Å². The number of rotatable bonds is 12. The fourth-order valence-corrected chi connectivity index (χ4v) is 3.05. The molecule has 0 saturated carbocycles. The van der Waals surface area contributed by atoms with Gasteiger partial charge in [0.05, 0.1) is 6.04 Å². The number of nitrogens with two attached hydrogens (primary N) is 1. The Hall–Kier alpha value is -2.59. The van der Waals surface area contributed by atoms with Crippen LogP contribution in [0, 0.1) is 5.92 Å². The van der Waals surface area contributed by atoms with Crippen LogP contribution in [0.15, 0.2) is 30.3 Å². The summed E-state index contributed by atoms with van der Waals surface area (Å²) in [7, 11) is 0. The van der Waals surface area contributed by atoms with Crippen LogP contribution in [0.5, 0.6) is 0 Å². The molecule has 9 nitrogen and oxygen atoms in total. The first-order chi connectivity index (χ1) is 14.5. The highest BCUT2D eigenvalue weighted by molar-refractivity contribution is 7.80. The molecule has 3 amide bonds. The maximum absolute atomic E-state index is 12.6. The predicted molar refractivity (Wildman–Crippen MR) is 121 cm³/mol. The van der Waals surface area contributed by atoms with Gasteiger partial charge in [-0.05, 0) is 31.2 Å². The number of carboxylic acids is 1. The van der Waals surface area contributed by atoms with Crippen LogP contribution in [0.2, 0.25) is 0 Å². The lowest BCUT2D eigenvalue weighted by Gasteiger charge is -2.24. The summed E-state index contributed by atoms with van der Waals surface area (Å²) in [6, 6.07) is 5.37. The number of aliphatic carboxylic acids is 1. The van der Waals surface area contributed by atoms with E-state index in [0.717, 1.165) is 5.56 Å². The van der Waals surface area contributed by atoms with Crippen molar-refractivity contribution >= 4 is 36.3 Å². The standard InChI is InChI=1S/C21H32N4O5S/c1-12(2)9-16(20(28)25-17(11-31)21(29)30)24-18(26)13(3)23-19(27)15(22)10-14-7-5-4-6-8-14/h4-8,12-13,15-17,31H,9-11,22H2,1-3H3,(H,23,27)(H,24,26)(H,25,28)(H,29,30). The van der Waals surface area contributed by atoms with Crippen molar-refractivity contribution in [3.8, 4) is 0 Å². The van der Waals surface area contributed by atoms with Crippen molar-refractivity contribution < 1.29 is 24.3 Å².